The fraction of sp³-hybridized carbons (Fsp3) is 0.143. The molecule has 0 spiro atoms. The van der Waals surface area contributed by atoms with Crippen molar-refractivity contribution < 1.29 is 13.2 Å². The predicted molar refractivity (Wildman–Crippen MR) is 82.9 cm³/mol. The number of halogens is 6. The maximum atomic E-state index is 12.9. The summed E-state index contributed by atoms with van der Waals surface area (Å²) in [5.41, 5.74) is -0.180. The molecule has 0 heterocycles. The molecule has 2 rings (SSSR count). The van der Waals surface area contributed by atoms with Gasteiger partial charge in [-0.3, -0.25) is 0 Å². The van der Waals surface area contributed by atoms with Crippen LogP contribution in [0.1, 0.15) is 11.1 Å². The first-order chi connectivity index (χ1) is 9.79. The monoisotopic (exact) mass is 397 g/mol. The van der Waals surface area contributed by atoms with Crippen molar-refractivity contribution >= 4 is 44.8 Å². The van der Waals surface area contributed by atoms with E-state index in [1.165, 1.54) is 12.1 Å². The summed E-state index contributed by atoms with van der Waals surface area (Å²) in [4.78, 5) is 0. The lowest BCUT2D eigenvalue weighted by molar-refractivity contribution is -0.136. The molecule has 0 atom stereocenters. The van der Waals surface area contributed by atoms with E-state index >= 15 is 0 Å². The van der Waals surface area contributed by atoms with Gasteiger partial charge in [-0.25, -0.2) is 0 Å². The Kier molecular flexibility index (Phi) is 5.07. The Labute approximate surface area is 138 Å². The highest BCUT2D eigenvalue weighted by Gasteiger charge is 2.34. The summed E-state index contributed by atoms with van der Waals surface area (Å²) in [5.74, 6) is 0. The average Bonchev–Trinajstić information content (AvgIpc) is 2.40. The highest BCUT2D eigenvalue weighted by atomic mass is 79.9. The summed E-state index contributed by atoms with van der Waals surface area (Å²) in [7, 11) is 0. The van der Waals surface area contributed by atoms with Crippen molar-refractivity contribution in [3.63, 3.8) is 0 Å². The van der Waals surface area contributed by atoms with Crippen LogP contribution in [0.15, 0.2) is 40.9 Å². The van der Waals surface area contributed by atoms with Gasteiger partial charge in [-0.2, -0.15) is 13.2 Å². The fourth-order valence-electron chi connectivity index (χ4n) is 1.78. The number of anilines is 1. The van der Waals surface area contributed by atoms with Crippen LogP contribution >= 0.6 is 39.1 Å². The summed E-state index contributed by atoms with van der Waals surface area (Å²) in [5, 5.41) is 3.24. The van der Waals surface area contributed by atoms with Crippen LogP contribution in [0, 0.1) is 0 Å². The minimum absolute atomic E-state index is 0.0213. The molecule has 0 fully saturated rings. The van der Waals surface area contributed by atoms with Gasteiger partial charge in [-0.15, -0.1) is 0 Å². The summed E-state index contributed by atoms with van der Waals surface area (Å²) in [6.07, 6.45) is -4.47. The number of para-hydroxylation sites is 1. The quantitative estimate of drug-likeness (QED) is 0.631. The van der Waals surface area contributed by atoms with Crippen molar-refractivity contribution in [1.29, 1.82) is 0 Å². The second-order valence-corrected chi connectivity index (χ2v) is 5.93. The number of alkyl halides is 3. The zero-order chi connectivity index (χ0) is 15.6. The van der Waals surface area contributed by atoms with Crippen molar-refractivity contribution in [3.05, 3.63) is 62.0 Å². The Bertz CT molecular complexity index is 659. The minimum atomic E-state index is -4.47. The van der Waals surface area contributed by atoms with Crippen molar-refractivity contribution in [3.8, 4) is 0 Å². The molecule has 0 saturated carbocycles. The standard InChI is InChI=1S/C14H9BrCl2F3N/c15-10-5-4-8(6-12(10)17)7-21-13-9(14(18,19)20)2-1-3-11(13)16/h1-6,21H,7H2. The maximum absolute atomic E-state index is 12.9. The summed E-state index contributed by atoms with van der Waals surface area (Å²) in [6, 6.07) is 8.83. The van der Waals surface area contributed by atoms with Gasteiger partial charge in [-0.05, 0) is 45.8 Å². The molecule has 0 saturated heterocycles. The van der Waals surface area contributed by atoms with Crippen LogP contribution < -0.4 is 5.32 Å². The fourth-order valence-corrected chi connectivity index (χ4v) is 2.47. The number of hydrogen-bond acceptors (Lipinski definition) is 1. The van der Waals surface area contributed by atoms with Gasteiger partial charge in [0.05, 0.1) is 21.3 Å². The van der Waals surface area contributed by atoms with E-state index in [4.69, 9.17) is 23.2 Å². The van der Waals surface area contributed by atoms with Gasteiger partial charge in [0.2, 0.25) is 0 Å². The molecule has 0 aliphatic carbocycles. The molecule has 0 unspecified atom stereocenters. The lowest BCUT2D eigenvalue weighted by Crippen LogP contribution is -2.11. The Balaban J connectivity index is 2.25. The third-order valence-electron chi connectivity index (χ3n) is 2.77. The van der Waals surface area contributed by atoms with E-state index in [1.54, 1.807) is 18.2 Å². The van der Waals surface area contributed by atoms with Gasteiger partial charge in [0.25, 0.3) is 0 Å². The molecule has 1 nitrogen and oxygen atoms in total. The van der Waals surface area contributed by atoms with Crippen molar-refractivity contribution in [2.75, 3.05) is 5.32 Å². The molecule has 1 N–H and O–H groups in total. The zero-order valence-electron chi connectivity index (χ0n) is 10.4. The van der Waals surface area contributed by atoms with E-state index in [2.05, 4.69) is 21.2 Å². The molecule has 0 radical (unpaired) electrons. The Morgan fingerprint density at radius 3 is 2.38 bits per heavy atom. The van der Waals surface area contributed by atoms with E-state index in [-0.39, 0.29) is 17.3 Å². The summed E-state index contributed by atoms with van der Waals surface area (Å²) >= 11 is 15.1. The maximum Gasteiger partial charge on any atom is 0.418 e. The van der Waals surface area contributed by atoms with Crippen LogP contribution in [-0.4, -0.2) is 0 Å². The Morgan fingerprint density at radius 1 is 1.05 bits per heavy atom. The van der Waals surface area contributed by atoms with E-state index in [1.807, 2.05) is 0 Å². The molecule has 21 heavy (non-hydrogen) atoms. The SMILES string of the molecule is FC(F)(F)c1cccc(Cl)c1NCc1ccc(Br)c(Cl)c1. The lowest BCUT2D eigenvalue weighted by atomic mass is 10.1. The van der Waals surface area contributed by atoms with E-state index in [0.717, 1.165) is 16.1 Å². The van der Waals surface area contributed by atoms with Gasteiger partial charge in [0.1, 0.15) is 0 Å². The smallest absolute Gasteiger partial charge is 0.379 e. The first-order valence-electron chi connectivity index (χ1n) is 5.82. The number of rotatable bonds is 3. The van der Waals surface area contributed by atoms with Crippen molar-refractivity contribution in [2.45, 2.75) is 12.7 Å². The second kappa shape index (κ2) is 6.46. The highest BCUT2D eigenvalue weighted by Crippen LogP contribution is 2.38. The van der Waals surface area contributed by atoms with Gasteiger partial charge in [0, 0.05) is 11.0 Å². The zero-order valence-corrected chi connectivity index (χ0v) is 13.5. The topological polar surface area (TPSA) is 12.0 Å². The highest BCUT2D eigenvalue weighted by molar-refractivity contribution is 9.10. The molecule has 0 aliphatic rings. The van der Waals surface area contributed by atoms with Crippen LogP contribution in [0.2, 0.25) is 10.0 Å². The number of hydrogen-bond donors (Lipinski definition) is 1. The van der Waals surface area contributed by atoms with Gasteiger partial charge in [-0.1, -0.05) is 35.3 Å². The van der Waals surface area contributed by atoms with E-state index in [0.29, 0.717) is 5.02 Å². The first kappa shape index (κ1) is 16.5. The molecule has 0 amide bonds. The average molecular weight is 399 g/mol. The van der Waals surface area contributed by atoms with Crippen molar-refractivity contribution in [1.82, 2.24) is 0 Å². The third kappa shape index (κ3) is 4.05. The molecule has 0 aliphatic heterocycles. The van der Waals surface area contributed by atoms with Crippen LogP contribution in [0.4, 0.5) is 18.9 Å². The number of benzene rings is 2. The van der Waals surface area contributed by atoms with Crippen LogP contribution in [0.25, 0.3) is 0 Å². The van der Waals surface area contributed by atoms with Crippen LogP contribution in [-0.2, 0) is 12.7 Å². The molecule has 0 bridgehead atoms. The molecule has 2 aromatic rings. The molecule has 7 heteroatoms. The molecular weight excluding hydrogens is 390 g/mol. The molecule has 2 aromatic carbocycles. The summed E-state index contributed by atoms with van der Waals surface area (Å²) in [6.45, 7) is 0.180. The van der Waals surface area contributed by atoms with Crippen molar-refractivity contribution in [2.24, 2.45) is 0 Å². The molecule has 112 valence electrons. The van der Waals surface area contributed by atoms with Gasteiger partial charge >= 0.3 is 6.18 Å². The third-order valence-corrected chi connectivity index (χ3v) is 4.32. The second-order valence-electron chi connectivity index (χ2n) is 4.26. The normalized spacial score (nSPS) is 11.5. The van der Waals surface area contributed by atoms with E-state index in [9.17, 15) is 13.2 Å². The first-order valence-corrected chi connectivity index (χ1v) is 7.37. The van der Waals surface area contributed by atoms with E-state index < -0.39 is 11.7 Å². The lowest BCUT2D eigenvalue weighted by Gasteiger charge is -2.16. The minimum Gasteiger partial charge on any atom is -0.379 e. The van der Waals surface area contributed by atoms with Crippen LogP contribution in [0.5, 0.6) is 0 Å². The number of nitrogens with one attached hydrogen (secondary N) is 1. The Morgan fingerprint density at radius 2 is 1.76 bits per heavy atom. The molecule has 0 aromatic heterocycles. The van der Waals surface area contributed by atoms with Gasteiger partial charge in [0.15, 0.2) is 0 Å². The largest absolute Gasteiger partial charge is 0.418 e. The summed E-state index contributed by atoms with van der Waals surface area (Å²) < 4.78 is 39.6. The molecular formula is C14H9BrCl2F3N. The Hall–Kier alpha value is -0.910. The predicted octanol–water partition coefficient (Wildman–Crippen LogP) is 6.39. The van der Waals surface area contributed by atoms with Crippen LogP contribution in [0.3, 0.4) is 0 Å². The van der Waals surface area contributed by atoms with Gasteiger partial charge < -0.3 is 5.32 Å².